The number of rotatable bonds is 9. The van der Waals surface area contributed by atoms with Crippen molar-refractivity contribution in [3.63, 3.8) is 0 Å². The zero-order valence-corrected chi connectivity index (χ0v) is 22.0. The lowest BCUT2D eigenvalue weighted by Gasteiger charge is -2.37. The monoisotopic (exact) mass is 532 g/mol. The first kappa shape index (κ1) is 26.1. The van der Waals surface area contributed by atoms with Crippen LogP contribution in [0, 0.1) is 5.82 Å². The predicted octanol–water partition coefficient (Wildman–Crippen LogP) is 4.50. The molecule has 0 bridgehead atoms. The summed E-state index contributed by atoms with van der Waals surface area (Å²) in [7, 11) is -2.41. The molecular formula is C26H29FN2O5S2. The Bertz CT molecular complexity index is 1290. The summed E-state index contributed by atoms with van der Waals surface area (Å²) in [6.45, 7) is 3.83. The smallest absolute Gasteiger partial charge is 0.243 e. The topological polar surface area (TPSA) is 76.2 Å². The molecule has 2 heterocycles. The lowest BCUT2D eigenvalue weighted by molar-refractivity contribution is -0.135. The standard InChI is InChI=1S/C26H29FN2O5S2/c1-18(2)29(36(31,32)22-10-8-20(33-3)9-11-22)16-26(30)28-14-12-25-23(13-15-35-25)24(28)17-34-21-6-4-19(27)5-7-21/h4-11,13,15,18,24H,12,14,16-17H2,1-3H3. The second-order valence-corrected chi connectivity index (χ2v) is 11.6. The predicted molar refractivity (Wildman–Crippen MR) is 136 cm³/mol. The molecular weight excluding hydrogens is 503 g/mol. The van der Waals surface area contributed by atoms with Gasteiger partial charge in [-0.05, 0) is 85.8 Å². The van der Waals surface area contributed by atoms with E-state index in [1.165, 1.54) is 40.6 Å². The Labute approximate surface area is 215 Å². The van der Waals surface area contributed by atoms with Crippen molar-refractivity contribution < 1.29 is 27.1 Å². The van der Waals surface area contributed by atoms with Gasteiger partial charge in [0.25, 0.3) is 0 Å². The summed E-state index contributed by atoms with van der Waals surface area (Å²) in [5.74, 6) is 0.385. The van der Waals surface area contributed by atoms with Crippen LogP contribution in [0.5, 0.6) is 11.5 Å². The van der Waals surface area contributed by atoms with Gasteiger partial charge in [0.1, 0.15) is 23.9 Å². The Hall–Kier alpha value is -2.95. The number of methoxy groups -OCH3 is 1. The molecule has 1 amide bonds. The molecule has 0 spiro atoms. The molecule has 0 N–H and O–H groups in total. The van der Waals surface area contributed by atoms with Gasteiger partial charge in [-0.15, -0.1) is 11.3 Å². The van der Waals surface area contributed by atoms with Crippen LogP contribution in [0.2, 0.25) is 0 Å². The molecule has 0 fully saturated rings. The Morgan fingerprint density at radius 3 is 2.42 bits per heavy atom. The van der Waals surface area contributed by atoms with Crippen LogP contribution in [0.25, 0.3) is 0 Å². The molecule has 10 heteroatoms. The lowest BCUT2D eigenvalue weighted by atomic mass is 10.0. The Morgan fingerprint density at radius 1 is 1.11 bits per heavy atom. The number of nitrogens with zero attached hydrogens (tertiary/aromatic N) is 2. The van der Waals surface area contributed by atoms with Crippen LogP contribution < -0.4 is 9.47 Å². The number of benzene rings is 2. The third kappa shape index (κ3) is 5.55. The molecule has 0 saturated heterocycles. The maximum absolute atomic E-state index is 13.6. The molecule has 0 radical (unpaired) electrons. The number of sulfonamides is 1. The summed E-state index contributed by atoms with van der Waals surface area (Å²) in [6, 6.07) is 13.0. The number of halogens is 1. The van der Waals surface area contributed by atoms with Crippen molar-refractivity contribution in [3.05, 3.63) is 76.2 Å². The molecule has 192 valence electrons. The summed E-state index contributed by atoms with van der Waals surface area (Å²) in [5.41, 5.74) is 0.996. The first-order valence-corrected chi connectivity index (χ1v) is 13.9. The SMILES string of the molecule is COc1ccc(S(=O)(=O)N(CC(=O)N2CCc3sccc3C2COc2ccc(F)cc2)C(C)C)cc1. The van der Waals surface area contributed by atoms with Crippen LogP contribution in [0.4, 0.5) is 4.39 Å². The van der Waals surface area contributed by atoms with Gasteiger partial charge in [0.15, 0.2) is 0 Å². The van der Waals surface area contributed by atoms with Crippen LogP contribution in [0.15, 0.2) is 64.9 Å². The van der Waals surface area contributed by atoms with Crippen molar-refractivity contribution in [2.45, 2.75) is 37.2 Å². The van der Waals surface area contributed by atoms with Gasteiger partial charge in [0.2, 0.25) is 15.9 Å². The maximum atomic E-state index is 13.6. The Kier molecular flexibility index (Phi) is 7.97. The highest BCUT2D eigenvalue weighted by molar-refractivity contribution is 7.89. The number of hydrogen-bond acceptors (Lipinski definition) is 6. The lowest BCUT2D eigenvalue weighted by Crippen LogP contribution is -2.49. The van der Waals surface area contributed by atoms with E-state index in [0.717, 1.165) is 5.56 Å². The normalized spacial score (nSPS) is 15.7. The zero-order chi connectivity index (χ0) is 25.9. The molecule has 2 aromatic carbocycles. The van der Waals surface area contributed by atoms with E-state index < -0.39 is 16.1 Å². The minimum atomic E-state index is -3.92. The number of fused-ring (bicyclic) bond motifs is 1. The summed E-state index contributed by atoms with van der Waals surface area (Å²) in [4.78, 5) is 16.6. The van der Waals surface area contributed by atoms with Crippen molar-refractivity contribution in [2.75, 3.05) is 26.8 Å². The molecule has 1 atom stereocenters. The van der Waals surface area contributed by atoms with Gasteiger partial charge >= 0.3 is 0 Å². The van der Waals surface area contributed by atoms with Crippen LogP contribution in [-0.4, -0.2) is 56.4 Å². The van der Waals surface area contributed by atoms with Gasteiger partial charge in [-0.1, -0.05) is 0 Å². The Balaban J connectivity index is 1.56. The van der Waals surface area contributed by atoms with Crippen molar-refractivity contribution in [2.24, 2.45) is 0 Å². The van der Waals surface area contributed by atoms with E-state index in [2.05, 4.69) is 0 Å². The first-order valence-electron chi connectivity index (χ1n) is 11.6. The summed E-state index contributed by atoms with van der Waals surface area (Å²) in [5, 5.41) is 1.98. The van der Waals surface area contributed by atoms with Gasteiger partial charge < -0.3 is 14.4 Å². The zero-order valence-electron chi connectivity index (χ0n) is 20.4. The highest BCUT2D eigenvalue weighted by Crippen LogP contribution is 2.34. The molecule has 0 aliphatic carbocycles. The first-order chi connectivity index (χ1) is 17.2. The average molecular weight is 533 g/mol. The summed E-state index contributed by atoms with van der Waals surface area (Å²) < 4.78 is 52.4. The summed E-state index contributed by atoms with van der Waals surface area (Å²) >= 11 is 1.63. The molecule has 1 aliphatic heterocycles. The largest absolute Gasteiger partial charge is 0.497 e. The van der Waals surface area contributed by atoms with Gasteiger partial charge in [0, 0.05) is 17.5 Å². The van der Waals surface area contributed by atoms with E-state index in [4.69, 9.17) is 9.47 Å². The fourth-order valence-corrected chi connectivity index (χ4v) is 6.75. The number of thiophene rings is 1. The van der Waals surface area contributed by atoms with E-state index >= 15 is 0 Å². The number of carbonyl (C=O) groups is 1. The van der Waals surface area contributed by atoms with Gasteiger partial charge in [-0.25, -0.2) is 12.8 Å². The second-order valence-electron chi connectivity index (χ2n) is 8.74. The maximum Gasteiger partial charge on any atom is 0.243 e. The highest BCUT2D eigenvalue weighted by atomic mass is 32.2. The third-order valence-corrected chi connectivity index (χ3v) is 9.20. The minimum Gasteiger partial charge on any atom is -0.497 e. The number of amides is 1. The van der Waals surface area contributed by atoms with E-state index in [1.807, 2.05) is 11.4 Å². The van der Waals surface area contributed by atoms with Crippen LogP contribution in [0.3, 0.4) is 0 Å². The fraction of sp³-hybridized carbons (Fsp3) is 0.346. The number of ether oxygens (including phenoxy) is 2. The Morgan fingerprint density at radius 2 is 1.78 bits per heavy atom. The van der Waals surface area contributed by atoms with E-state index in [0.29, 0.717) is 24.5 Å². The quantitative estimate of drug-likeness (QED) is 0.406. The molecule has 4 rings (SSSR count). The number of carbonyl (C=O) groups excluding carboxylic acids is 1. The van der Waals surface area contributed by atoms with Crippen molar-refractivity contribution in [1.82, 2.24) is 9.21 Å². The van der Waals surface area contributed by atoms with Gasteiger partial charge in [-0.3, -0.25) is 4.79 Å². The molecule has 1 aromatic heterocycles. The minimum absolute atomic E-state index is 0.0970. The van der Waals surface area contributed by atoms with Crippen LogP contribution in [-0.2, 0) is 21.2 Å². The van der Waals surface area contributed by atoms with Crippen LogP contribution in [0.1, 0.15) is 30.3 Å². The van der Waals surface area contributed by atoms with Gasteiger partial charge in [0.05, 0.1) is 24.6 Å². The highest BCUT2D eigenvalue weighted by Gasteiger charge is 2.36. The molecule has 3 aromatic rings. The second kappa shape index (κ2) is 11.0. The van der Waals surface area contributed by atoms with E-state index in [1.54, 1.807) is 54.3 Å². The molecule has 36 heavy (non-hydrogen) atoms. The van der Waals surface area contributed by atoms with E-state index in [9.17, 15) is 17.6 Å². The van der Waals surface area contributed by atoms with Crippen molar-refractivity contribution in [1.29, 1.82) is 0 Å². The fourth-order valence-electron chi connectivity index (χ4n) is 4.23. The molecule has 7 nitrogen and oxygen atoms in total. The van der Waals surface area contributed by atoms with Gasteiger partial charge in [-0.2, -0.15) is 4.31 Å². The molecule has 1 unspecified atom stereocenters. The third-order valence-electron chi connectivity index (χ3n) is 6.17. The number of hydrogen-bond donors (Lipinski definition) is 0. The molecule has 1 aliphatic rings. The summed E-state index contributed by atoms with van der Waals surface area (Å²) in [6.07, 6.45) is 0.693. The van der Waals surface area contributed by atoms with Crippen LogP contribution >= 0.6 is 11.3 Å². The van der Waals surface area contributed by atoms with Crippen molar-refractivity contribution in [3.8, 4) is 11.5 Å². The van der Waals surface area contributed by atoms with Crippen molar-refractivity contribution >= 4 is 27.3 Å². The van der Waals surface area contributed by atoms with E-state index in [-0.39, 0.29) is 35.8 Å². The average Bonchev–Trinajstić information content (AvgIpc) is 3.35. The molecule has 0 saturated carbocycles.